The topological polar surface area (TPSA) is 49.6 Å². The molecule has 0 bridgehead atoms. The molecule has 0 saturated heterocycles. The molecule has 0 saturated carbocycles. The van der Waals surface area contributed by atoms with Crippen molar-refractivity contribution in [2.75, 3.05) is 5.32 Å². The summed E-state index contributed by atoms with van der Waals surface area (Å²) >= 11 is 5.04. The Kier molecular flexibility index (Phi) is 4.52. The minimum Gasteiger partial charge on any atom is -0.455 e. The van der Waals surface area contributed by atoms with Gasteiger partial charge in [-0.2, -0.15) is 5.10 Å². The number of fused-ring (bicyclic) bond motifs is 1. The molecule has 1 aromatic heterocycles. The molecule has 4 nitrogen and oxygen atoms in total. The molecule has 0 atom stereocenters. The van der Waals surface area contributed by atoms with Gasteiger partial charge in [0.2, 0.25) is 0 Å². The summed E-state index contributed by atoms with van der Waals surface area (Å²) in [5.41, 5.74) is 4.00. The van der Waals surface area contributed by atoms with Crippen molar-refractivity contribution in [1.82, 2.24) is 5.43 Å². The Bertz CT molecular complexity index is 903. The fourth-order valence-corrected chi connectivity index (χ4v) is 2.25. The number of anilines is 1. The van der Waals surface area contributed by atoms with Crippen LogP contribution in [0.3, 0.4) is 0 Å². The molecule has 3 rings (SSSR count). The van der Waals surface area contributed by atoms with Gasteiger partial charge in [-0.25, -0.2) is 8.78 Å². The van der Waals surface area contributed by atoms with E-state index < -0.39 is 11.6 Å². The standard InChI is InChI=1S/C17H13F2N3OS/c1-10(16-8-11-4-2-3-5-15(11)23-16)21-22-17(24)20-14-7-6-12(18)9-13(14)19/h2-9H,1H3,(H2,20,22,24)/b21-10+. The SMILES string of the molecule is C/C(=N\NC(=S)Nc1ccc(F)cc1F)c1cc2ccccc2o1. The number of nitrogens with one attached hydrogen (secondary N) is 2. The van der Waals surface area contributed by atoms with Crippen LogP contribution in [0.25, 0.3) is 11.0 Å². The van der Waals surface area contributed by atoms with E-state index in [0.29, 0.717) is 11.5 Å². The van der Waals surface area contributed by atoms with E-state index in [4.69, 9.17) is 16.6 Å². The van der Waals surface area contributed by atoms with E-state index in [1.807, 2.05) is 30.3 Å². The fourth-order valence-electron chi connectivity index (χ4n) is 2.09. The molecule has 2 aromatic carbocycles. The van der Waals surface area contributed by atoms with E-state index in [1.165, 1.54) is 6.07 Å². The van der Waals surface area contributed by atoms with Crippen molar-refractivity contribution in [3.05, 3.63) is 65.9 Å². The van der Waals surface area contributed by atoms with E-state index >= 15 is 0 Å². The molecule has 122 valence electrons. The van der Waals surface area contributed by atoms with E-state index in [9.17, 15) is 8.78 Å². The van der Waals surface area contributed by atoms with Gasteiger partial charge in [-0.15, -0.1) is 0 Å². The third-order valence-corrected chi connectivity index (χ3v) is 3.48. The molecular formula is C17H13F2N3OS. The first-order valence-electron chi connectivity index (χ1n) is 7.08. The molecule has 24 heavy (non-hydrogen) atoms. The highest BCUT2D eigenvalue weighted by Crippen LogP contribution is 2.19. The summed E-state index contributed by atoms with van der Waals surface area (Å²) in [5.74, 6) is -0.799. The number of hydrazone groups is 1. The van der Waals surface area contributed by atoms with E-state index in [-0.39, 0.29) is 10.8 Å². The molecule has 7 heteroatoms. The summed E-state index contributed by atoms with van der Waals surface area (Å²) in [6.07, 6.45) is 0. The lowest BCUT2D eigenvalue weighted by atomic mass is 10.2. The second kappa shape index (κ2) is 6.76. The molecule has 0 unspecified atom stereocenters. The molecular weight excluding hydrogens is 332 g/mol. The van der Waals surface area contributed by atoms with Crippen molar-refractivity contribution in [3.63, 3.8) is 0 Å². The van der Waals surface area contributed by atoms with Crippen LogP contribution in [-0.2, 0) is 0 Å². The highest BCUT2D eigenvalue weighted by atomic mass is 32.1. The fraction of sp³-hybridized carbons (Fsp3) is 0.0588. The van der Waals surface area contributed by atoms with Gasteiger partial charge in [0.1, 0.15) is 22.9 Å². The number of nitrogens with zero attached hydrogens (tertiary/aromatic N) is 1. The summed E-state index contributed by atoms with van der Waals surface area (Å²) in [4.78, 5) is 0. The Balaban J connectivity index is 1.68. The summed E-state index contributed by atoms with van der Waals surface area (Å²) in [6.45, 7) is 1.76. The highest BCUT2D eigenvalue weighted by molar-refractivity contribution is 7.80. The van der Waals surface area contributed by atoms with Gasteiger partial charge in [0.25, 0.3) is 0 Å². The maximum absolute atomic E-state index is 13.6. The zero-order chi connectivity index (χ0) is 17.1. The molecule has 0 aliphatic heterocycles. The lowest BCUT2D eigenvalue weighted by molar-refractivity contribution is 0.586. The molecule has 0 aliphatic carbocycles. The van der Waals surface area contributed by atoms with Crippen LogP contribution < -0.4 is 10.7 Å². The minimum absolute atomic E-state index is 0.0606. The molecule has 1 heterocycles. The number of benzene rings is 2. The monoisotopic (exact) mass is 345 g/mol. The summed E-state index contributed by atoms with van der Waals surface area (Å²) in [6, 6.07) is 12.6. The van der Waals surface area contributed by atoms with Crippen molar-refractivity contribution < 1.29 is 13.2 Å². The first-order chi connectivity index (χ1) is 11.5. The number of thiocarbonyl (C=S) groups is 1. The Morgan fingerprint density at radius 3 is 2.67 bits per heavy atom. The Labute approximate surface area is 142 Å². The van der Waals surface area contributed by atoms with Crippen LogP contribution in [0.15, 0.2) is 58.0 Å². The first-order valence-corrected chi connectivity index (χ1v) is 7.49. The van der Waals surface area contributed by atoms with Crippen LogP contribution in [0.5, 0.6) is 0 Å². The molecule has 0 fully saturated rings. The largest absolute Gasteiger partial charge is 0.455 e. The lowest BCUT2D eigenvalue weighted by Gasteiger charge is -2.08. The Morgan fingerprint density at radius 2 is 1.92 bits per heavy atom. The maximum atomic E-state index is 13.6. The number of para-hydroxylation sites is 1. The summed E-state index contributed by atoms with van der Waals surface area (Å²) in [7, 11) is 0. The van der Waals surface area contributed by atoms with Gasteiger partial charge in [0, 0.05) is 11.5 Å². The Morgan fingerprint density at radius 1 is 1.12 bits per heavy atom. The Hall–Kier alpha value is -2.80. The summed E-state index contributed by atoms with van der Waals surface area (Å²) in [5, 5.41) is 7.77. The third-order valence-electron chi connectivity index (χ3n) is 3.29. The first kappa shape index (κ1) is 16.1. The summed E-state index contributed by atoms with van der Waals surface area (Å²) < 4.78 is 32.1. The second-order valence-electron chi connectivity index (χ2n) is 5.04. The minimum atomic E-state index is -0.739. The van der Waals surface area contributed by atoms with Gasteiger partial charge >= 0.3 is 0 Å². The number of hydrogen-bond acceptors (Lipinski definition) is 3. The predicted octanol–water partition coefficient (Wildman–Crippen LogP) is 4.42. The molecule has 3 aromatic rings. The van der Waals surface area contributed by atoms with Crippen molar-refractivity contribution in [1.29, 1.82) is 0 Å². The van der Waals surface area contributed by atoms with E-state index in [1.54, 1.807) is 6.92 Å². The zero-order valence-corrected chi connectivity index (χ0v) is 13.5. The van der Waals surface area contributed by atoms with Crippen molar-refractivity contribution in [2.24, 2.45) is 5.10 Å². The van der Waals surface area contributed by atoms with Crippen LogP contribution in [0.2, 0.25) is 0 Å². The third kappa shape index (κ3) is 3.57. The van der Waals surface area contributed by atoms with Crippen LogP contribution in [0.4, 0.5) is 14.5 Å². The average Bonchev–Trinajstić information content (AvgIpc) is 2.99. The van der Waals surface area contributed by atoms with Gasteiger partial charge in [0.05, 0.1) is 5.69 Å². The lowest BCUT2D eigenvalue weighted by Crippen LogP contribution is -2.25. The van der Waals surface area contributed by atoms with Crippen molar-refractivity contribution in [2.45, 2.75) is 6.92 Å². The quantitative estimate of drug-likeness (QED) is 0.419. The van der Waals surface area contributed by atoms with E-state index in [0.717, 1.165) is 23.1 Å². The maximum Gasteiger partial charge on any atom is 0.191 e. The average molecular weight is 345 g/mol. The highest BCUT2D eigenvalue weighted by Gasteiger charge is 2.08. The number of halogens is 2. The number of furan rings is 1. The molecule has 0 amide bonds. The zero-order valence-electron chi connectivity index (χ0n) is 12.6. The molecule has 0 radical (unpaired) electrons. The van der Waals surface area contributed by atoms with Gasteiger partial charge in [-0.3, -0.25) is 5.43 Å². The van der Waals surface area contributed by atoms with Crippen molar-refractivity contribution in [3.8, 4) is 0 Å². The smallest absolute Gasteiger partial charge is 0.191 e. The normalized spacial score (nSPS) is 11.5. The van der Waals surface area contributed by atoms with Gasteiger partial charge in [-0.1, -0.05) is 18.2 Å². The molecule has 2 N–H and O–H groups in total. The van der Waals surface area contributed by atoms with Crippen LogP contribution in [0, 0.1) is 11.6 Å². The van der Waals surface area contributed by atoms with Crippen LogP contribution >= 0.6 is 12.2 Å². The predicted molar refractivity (Wildman–Crippen MR) is 94.1 cm³/mol. The second-order valence-corrected chi connectivity index (χ2v) is 5.44. The number of hydrogen-bond donors (Lipinski definition) is 2. The van der Waals surface area contributed by atoms with Gasteiger partial charge < -0.3 is 9.73 Å². The van der Waals surface area contributed by atoms with Gasteiger partial charge in [0.15, 0.2) is 10.9 Å². The molecule has 0 aliphatic rings. The van der Waals surface area contributed by atoms with Crippen molar-refractivity contribution >= 4 is 39.7 Å². The van der Waals surface area contributed by atoms with Crippen LogP contribution in [0.1, 0.15) is 12.7 Å². The number of rotatable bonds is 3. The molecule has 0 spiro atoms. The van der Waals surface area contributed by atoms with Crippen LogP contribution in [-0.4, -0.2) is 10.8 Å². The van der Waals surface area contributed by atoms with Gasteiger partial charge in [-0.05, 0) is 43.4 Å². The van der Waals surface area contributed by atoms with E-state index in [2.05, 4.69) is 15.8 Å².